The van der Waals surface area contributed by atoms with Crippen molar-refractivity contribution in [3.8, 4) is 23.0 Å². The van der Waals surface area contributed by atoms with Gasteiger partial charge in [0.15, 0.2) is 5.65 Å². The zero-order valence-electron chi connectivity index (χ0n) is 20.1. The van der Waals surface area contributed by atoms with Gasteiger partial charge in [0.2, 0.25) is 11.8 Å². The zero-order chi connectivity index (χ0) is 25.6. The highest BCUT2D eigenvalue weighted by Crippen LogP contribution is 2.38. The number of rotatable bonds is 5. The third-order valence-corrected chi connectivity index (χ3v) is 6.00. The van der Waals surface area contributed by atoms with E-state index in [1.165, 1.54) is 11.6 Å². The van der Waals surface area contributed by atoms with Crippen molar-refractivity contribution in [3.63, 3.8) is 0 Å². The maximum atomic E-state index is 14.1. The van der Waals surface area contributed by atoms with Gasteiger partial charge in [-0.15, -0.1) is 0 Å². The molecule has 2 aromatic carbocycles. The molecule has 0 saturated heterocycles. The van der Waals surface area contributed by atoms with Gasteiger partial charge >= 0.3 is 6.18 Å². The van der Waals surface area contributed by atoms with E-state index >= 15 is 0 Å². The van der Waals surface area contributed by atoms with E-state index in [0.717, 1.165) is 22.8 Å². The van der Waals surface area contributed by atoms with E-state index in [0.29, 0.717) is 23.0 Å². The van der Waals surface area contributed by atoms with Crippen molar-refractivity contribution in [2.75, 3.05) is 0 Å². The number of oxazole rings is 1. The SMILES string of the molecule is Cc1ccc(-n2nc(C)c3c(C(F)(F)F)cc(OCc4nc(-c5ccccc5C)oc4C)nc32)cc1. The summed E-state index contributed by atoms with van der Waals surface area (Å²) in [4.78, 5) is 8.92. The van der Waals surface area contributed by atoms with Crippen LogP contribution in [0.25, 0.3) is 28.2 Å². The molecule has 0 fully saturated rings. The molecule has 0 unspecified atom stereocenters. The van der Waals surface area contributed by atoms with Gasteiger partial charge in [-0.2, -0.15) is 23.3 Å². The van der Waals surface area contributed by atoms with E-state index in [4.69, 9.17) is 9.15 Å². The summed E-state index contributed by atoms with van der Waals surface area (Å²) in [6.45, 7) is 7.05. The highest BCUT2D eigenvalue weighted by Gasteiger charge is 2.36. The van der Waals surface area contributed by atoms with Crippen LogP contribution in [0.3, 0.4) is 0 Å². The summed E-state index contributed by atoms with van der Waals surface area (Å²) in [5, 5.41) is 4.29. The minimum atomic E-state index is -4.62. The molecule has 0 amide bonds. The third-order valence-electron chi connectivity index (χ3n) is 6.00. The van der Waals surface area contributed by atoms with Crippen LogP contribution in [-0.2, 0) is 12.8 Å². The summed E-state index contributed by atoms with van der Waals surface area (Å²) in [5.74, 6) is 0.769. The van der Waals surface area contributed by atoms with Gasteiger partial charge in [0.1, 0.15) is 18.1 Å². The van der Waals surface area contributed by atoms with Crippen LogP contribution in [0.2, 0.25) is 0 Å². The lowest BCUT2D eigenvalue weighted by Crippen LogP contribution is -2.09. The third kappa shape index (κ3) is 4.32. The largest absolute Gasteiger partial charge is 0.471 e. The maximum Gasteiger partial charge on any atom is 0.417 e. The molecular formula is C27H23F3N4O2. The van der Waals surface area contributed by atoms with Crippen molar-refractivity contribution in [1.29, 1.82) is 0 Å². The van der Waals surface area contributed by atoms with Crippen molar-refractivity contribution >= 4 is 11.0 Å². The molecule has 0 radical (unpaired) electrons. The Hall–Kier alpha value is -4.14. The van der Waals surface area contributed by atoms with Gasteiger partial charge in [-0.3, -0.25) is 0 Å². The summed E-state index contributed by atoms with van der Waals surface area (Å²) < 4.78 is 55.1. The van der Waals surface area contributed by atoms with Crippen LogP contribution in [0.15, 0.2) is 59.0 Å². The Balaban J connectivity index is 1.54. The van der Waals surface area contributed by atoms with Crippen LogP contribution in [0.4, 0.5) is 13.2 Å². The quantitative estimate of drug-likeness (QED) is 0.267. The van der Waals surface area contributed by atoms with Crippen molar-refractivity contribution in [1.82, 2.24) is 19.7 Å². The molecule has 0 aliphatic carbocycles. The number of pyridine rings is 1. The van der Waals surface area contributed by atoms with E-state index in [-0.39, 0.29) is 29.2 Å². The Morgan fingerprint density at radius 1 is 0.944 bits per heavy atom. The molecule has 0 spiro atoms. The maximum absolute atomic E-state index is 14.1. The highest BCUT2D eigenvalue weighted by atomic mass is 19.4. The molecule has 9 heteroatoms. The highest BCUT2D eigenvalue weighted by molar-refractivity contribution is 5.84. The monoisotopic (exact) mass is 492 g/mol. The first kappa shape index (κ1) is 23.6. The minimum Gasteiger partial charge on any atom is -0.471 e. The molecule has 0 aliphatic rings. The Kier molecular flexibility index (Phi) is 5.78. The van der Waals surface area contributed by atoms with Crippen LogP contribution in [0.1, 0.15) is 33.8 Å². The van der Waals surface area contributed by atoms with Crippen LogP contribution in [0.5, 0.6) is 5.88 Å². The minimum absolute atomic E-state index is 0.0603. The lowest BCUT2D eigenvalue weighted by Gasteiger charge is -2.12. The number of ether oxygens (including phenoxy) is 1. The van der Waals surface area contributed by atoms with Gasteiger partial charge in [0.25, 0.3) is 0 Å². The lowest BCUT2D eigenvalue weighted by molar-refractivity contribution is -0.136. The number of hydrogen-bond acceptors (Lipinski definition) is 5. The molecule has 0 aliphatic heterocycles. The van der Waals surface area contributed by atoms with Gasteiger partial charge < -0.3 is 9.15 Å². The van der Waals surface area contributed by atoms with E-state index in [1.54, 1.807) is 19.1 Å². The average Bonchev–Trinajstić information content (AvgIpc) is 3.37. The Morgan fingerprint density at radius 2 is 1.67 bits per heavy atom. The number of alkyl halides is 3. The van der Waals surface area contributed by atoms with Gasteiger partial charge in [0.05, 0.1) is 22.3 Å². The number of nitrogens with zero attached hydrogens (tertiary/aromatic N) is 4. The number of aryl methyl sites for hydroxylation is 4. The van der Waals surface area contributed by atoms with Crippen molar-refractivity contribution < 1.29 is 22.3 Å². The molecule has 5 rings (SSSR count). The predicted octanol–water partition coefficient (Wildman–Crippen LogP) is 6.91. The van der Waals surface area contributed by atoms with Gasteiger partial charge in [-0.05, 0) is 51.5 Å². The van der Waals surface area contributed by atoms with E-state index in [2.05, 4.69) is 15.1 Å². The molecule has 5 aromatic rings. The van der Waals surface area contributed by atoms with Crippen LogP contribution in [-0.4, -0.2) is 19.7 Å². The van der Waals surface area contributed by atoms with E-state index in [1.807, 2.05) is 50.2 Å². The molecule has 0 saturated carbocycles. The van der Waals surface area contributed by atoms with Gasteiger partial charge in [-0.25, -0.2) is 9.67 Å². The summed E-state index contributed by atoms with van der Waals surface area (Å²) in [5.41, 5.74) is 3.38. The first-order valence-electron chi connectivity index (χ1n) is 11.3. The smallest absolute Gasteiger partial charge is 0.417 e. The standard InChI is InChI=1S/C27H23F3N4O2/c1-15-9-11-19(12-10-15)34-25-24(17(3)33-34)21(27(28,29)30)13-23(32-25)35-14-22-18(4)36-26(31-22)20-8-6-5-7-16(20)2/h5-13H,14H2,1-4H3. The summed E-state index contributed by atoms with van der Waals surface area (Å²) in [6, 6.07) is 15.9. The van der Waals surface area contributed by atoms with E-state index < -0.39 is 11.7 Å². The second-order valence-electron chi connectivity index (χ2n) is 8.66. The lowest BCUT2D eigenvalue weighted by atomic mass is 10.1. The molecule has 36 heavy (non-hydrogen) atoms. The average molecular weight is 493 g/mol. The fourth-order valence-electron chi connectivity index (χ4n) is 4.06. The number of halogens is 3. The Morgan fingerprint density at radius 3 is 2.36 bits per heavy atom. The molecule has 0 N–H and O–H groups in total. The van der Waals surface area contributed by atoms with Crippen LogP contribution >= 0.6 is 0 Å². The predicted molar refractivity (Wildman–Crippen MR) is 129 cm³/mol. The first-order chi connectivity index (χ1) is 17.1. The number of benzene rings is 2. The Labute approximate surface area is 205 Å². The fourth-order valence-corrected chi connectivity index (χ4v) is 4.06. The Bertz CT molecular complexity index is 1570. The van der Waals surface area contributed by atoms with Crippen molar-refractivity contribution in [3.05, 3.63) is 88.4 Å². The summed E-state index contributed by atoms with van der Waals surface area (Å²) >= 11 is 0. The second-order valence-corrected chi connectivity index (χ2v) is 8.66. The first-order valence-corrected chi connectivity index (χ1v) is 11.3. The van der Waals surface area contributed by atoms with Gasteiger partial charge in [-0.1, -0.05) is 35.9 Å². The fraction of sp³-hybridized carbons (Fsp3) is 0.222. The van der Waals surface area contributed by atoms with Gasteiger partial charge in [0, 0.05) is 11.6 Å². The number of fused-ring (bicyclic) bond motifs is 1. The topological polar surface area (TPSA) is 66.0 Å². The normalized spacial score (nSPS) is 11.9. The zero-order valence-corrected chi connectivity index (χ0v) is 20.1. The van der Waals surface area contributed by atoms with Crippen LogP contribution < -0.4 is 4.74 Å². The summed E-state index contributed by atoms with van der Waals surface area (Å²) in [7, 11) is 0. The number of aromatic nitrogens is 4. The summed E-state index contributed by atoms with van der Waals surface area (Å²) in [6.07, 6.45) is -4.62. The molecule has 3 aromatic heterocycles. The second kappa shape index (κ2) is 8.82. The molecular weight excluding hydrogens is 469 g/mol. The molecule has 0 bridgehead atoms. The van der Waals surface area contributed by atoms with E-state index in [9.17, 15) is 13.2 Å². The number of hydrogen-bond donors (Lipinski definition) is 0. The van der Waals surface area contributed by atoms with Crippen molar-refractivity contribution in [2.24, 2.45) is 0 Å². The van der Waals surface area contributed by atoms with Crippen molar-refractivity contribution in [2.45, 2.75) is 40.5 Å². The molecule has 3 heterocycles. The molecule has 0 atom stereocenters. The molecule has 184 valence electrons. The van der Waals surface area contributed by atoms with Crippen LogP contribution in [0, 0.1) is 27.7 Å². The molecule has 6 nitrogen and oxygen atoms in total.